The first-order valence-corrected chi connectivity index (χ1v) is 10.7. The number of rotatable bonds is 3. The zero-order chi connectivity index (χ0) is 19.1. The van der Waals surface area contributed by atoms with Crippen molar-refractivity contribution in [2.24, 2.45) is 23.5 Å². The third-order valence-corrected chi connectivity index (χ3v) is 7.15. The molecule has 3 unspecified atom stereocenters. The molecule has 1 amide bonds. The lowest BCUT2D eigenvalue weighted by Crippen LogP contribution is -2.49. The summed E-state index contributed by atoms with van der Waals surface area (Å²) < 4.78 is 0. The molecule has 7 heteroatoms. The minimum absolute atomic E-state index is 0. The highest BCUT2D eigenvalue weighted by Crippen LogP contribution is 2.44. The second kappa shape index (κ2) is 8.44. The number of carbonyl (C=O) groups excluding carboxylic acids is 1. The number of benzene rings is 1. The van der Waals surface area contributed by atoms with Gasteiger partial charge in [0.15, 0.2) is 5.82 Å². The summed E-state index contributed by atoms with van der Waals surface area (Å²) >= 11 is 0. The number of carbonyl (C=O) groups is 1. The van der Waals surface area contributed by atoms with Gasteiger partial charge < -0.3 is 10.6 Å². The van der Waals surface area contributed by atoms with Gasteiger partial charge in [-0.15, -0.1) is 12.4 Å². The van der Waals surface area contributed by atoms with E-state index in [9.17, 15) is 4.79 Å². The summed E-state index contributed by atoms with van der Waals surface area (Å²) in [7, 11) is 0. The monoisotopic (exact) mass is 415 g/mol. The third-order valence-electron chi connectivity index (χ3n) is 7.15. The van der Waals surface area contributed by atoms with E-state index in [1.807, 2.05) is 30.3 Å². The van der Waals surface area contributed by atoms with Gasteiger partial charge in [-0.2, -0.15) is 5.10 Å². The SMILES string of the molecule is Cl.NC1C2CCCC1CC(C(=O)N1CCCC1c1nc(-c3ccccc3)n[nH]1)C2. The van der Waals surface area contributed by atoms with E-state index < -0.39 is 0 Å². The number of hydrogen-bond acceptors (Lipinski definition) is 4. The van der Waals surface area contributed by atoms with E-state index >= 15 is 0 Å². The molecule has 2 aromatic rings. The maximum absolute atomic E-state index is 13.4. The van der Waals surface area contributed by atoms with Crippen molar-refractivity contribution in [3.63, 3.8) is 0 Å². The van der Waals surface area contributed by atoms with Crippen LogP contribution in [-0.2, 0) is 4.79 Å². The zero-order valence-corrected chi connectivity index (χ0v) is 17.5. The van der Waals surface area contributed by atoms with Crippen LogP contribution in [0.4, 0.5) is 0 Å². The molecule has 156 valence electrons. The highest BCUT2D eigenvalue weighted by Gasteiger charge is 2.43. The fourth-order valence-electron chi connectivity index (χ4n) is 5.68. The zero-order valence-electron chi connectivity index (χ0n) is 16.7. The maximum Gasteiger partial charge on any atom is 0.226 e. The van der Waals surface area contributed by atoms with Crippen molar-refractivity contribution in [1.29, 1.82) is 0 Å². The van der Waals surface area contributed by atoms with E-state index in [1.54, 1.807) is 0 Å². The van der Waals surface area contributed by atoms with Gasteiger partial charge in [0.1, 0.15) is 5.82 Å². The fourth-order valence-corrected chi connectivity index (χ4v) is 5.68. The number of likely N-dealkylation sites (tertiary alicyclic amines) is 1. The lowest BCUT2D eigenvalue weighted by molar-refractivity contribution is -0.139. The Morgan fingerprint density at radius 1 is 1.07 bits per heavy atom. The lowest BCUT2D eigenvalue weighted by Gasteiger charge is -2.44. The van der Waals surface area contributed by atoms with Crippen molar-refractivity contribution in [1.82, 2.24) is 20.1 Å². The van der Waals surface area contributed by atoms with E-state index in [0.717, 1.165) is 43.6 Å². The number of H-pyrrole nitrogens is 1. The molecule has 6 nitrogen and oxygen atoms in total. The Bertz CT molecular complexity index is 827. The summed E-state index contributed by atoms with van der Waals surface area (Å²) in [6.07, 6.45) is 7.55. The predicted octanol–water partition coefficient (Wildman–Crippen LogP) is 3.71. The fraction of sp³-hybridized carbons (Fsp3) is 0.591. The van der Waals surface area contributed by atoms with Crippen LogP contribution in [0.15, 0.2) is 30.3 Å². The summed E-state index contributed by atoms with van der Waals surface area (Å²) in [5.41, 5.74) is 7.42. The quantitative estimate of drug-likeness (QED) is 0.799. The highest BCUT2D eigenvalue weighted by atomic mass is 35.5. The minimum Gasteiger partial charge on any atom is -0.332 e. The van der Waals surface area contributed by atoms with Gasteiger partial charge in [-0.05, 0) is 50.4 Å². The number of aromatic nitrogens is 3. The average Bonchev–Trinajstić information content (AvgIpc) is 3.37. The molecule has 2 bridgehead atoms. The summed E-state index contributed by atoms with van der Waals surface area (Å²) in [4.78, 5) is 20.2. The minimum atomic E-state index is 0. The molecule has 0 radical (unpaired) electrons. The van der Waals surface area contributed by atoms with E-state index in [0.29, 0.717) is 29.6 Å². The van der Waals surface area contributed by atoms with Gasteiger partial charge in [0.05, 0.1) is 6.04 Å². The predicted molar refractivity (Wildman–Crippen MR) is 114 cm³/mol. The van der Waals surface area contributed by atoms with Gasteiger partial charge in [0.25, 0.3) is 0 Å². The largest absolute Gasteiger partial charge is 0.332 e. The van der Waals surface area contributed by atoms with Crippen LogP contribution in [0.3, 0.4) is 0 Å². The molecule has 2 heterocycles. The highest BCUT2D eigenvalue weighted by molar-refractivity contribution is 5.85. The van der Waals surface area contributed by atoms with Gasteiger partial charge in [0, 0.05) is 24.1 Å². The molecule has 1 aromatic heterocycles. The number of nitrogens with one attached hydrogen (secondary N) is 1. The van der Waals surface area contributed by atoms with Crippen molar-refractivity contribution in [2.75, 3.05) is 6.54 Å². The van der Waals surface area contributed by atoms with Crippen LogP contribution in [0, 0.1) is 17.8 Å². The van der Waals surface area contributed by atoms with Crippen LogP contribution in [0.5, 0.6) is 0 Å². The summed E-state index contributed by atoms with van der Waals surface area (Å²) in [5.74, 6) is 3.01. The first-order chi connectivity index (χ1) is 13.7. The molecule has 3 N–H and O–H groups in total. The van der Waals surface area contributed by atoms with Gasteiger partial charge in [-0.1, -0.05) is 36.8 Å². The van der Waals surface area contributed by atoms with E-state index in [4.69, 9.17) is 10.7 Å². The molecular weight excluding hydrogens is 386 g/mol. The number of nitrogens with zero attached hydrogens (tertiary/aromatic N) is 3. The van der Waals surface area contributed by atoms with Crippen molar-refractivity contribution < 1.29 is 4.79 Å². The summed E-state index contributed by atoms with van der Waals surface area (Å²) in [5, 5.41) is 7.51. The van der Waals surface area contributed by atoms with Gasteiger partial charge >= 0.3 is 0 Å². The molecular formula is C22H30ClN5O. The summed E-state index contributed by atoms with van der Waals surface area (Å²) in [6, 6.07) is 10.3. The Labute approximate surface area is 178 Å². The molecule has 2 saturated carbocycles. The Morgan fingerprint density at radius 3 is 2.52 bits per heavy atom. The Morgan fingerprint density at radius 2 is 1.79 bits per heavy atom. The van der Waals surface area contributed by atoms with Gasteiger partial charge in [-0.25, -0.2) is 4.98 Å². The van der Waals surface area contributed by atoms with Crippen LogP contribution in [-0.4, -0.2) is 38.6 Å². The Balaban J connectivity index is 0.00000205. The van der Waals surface area contributed by atoms with E-state index in [1.165, 1.54) is 19.3 Å². The second-order valence-corrected chi connectivity index (χ2v) is 8.80. The number of amides is 1. The van der Waals surface area contributed by atoms with Gasteiger partial charge in [0.2, 0.25) is 5.91 Å². The lowest BCUT2D eigenvalue weighted by atomic mass is 9.65. The van der Waals surface area contributed by atoms with Crippen molar-refractivity contribution in [2.45, 2.75) is 57.0 Å². The number of aromatic amines is 1. The molecule has 3 atom stereocenters. The van der Waals surface area contributed by atoms with Crippen LogP contribution in [0.1, 0.15) is 56.8 Å². The van der Waals surface area contributed by atoms with E-state index in [-0.39, 0.29) is 24.4 Å². The first-order valence-electron chi connectivity index (χ1n) is 10.7. The van der Waals surface area contributed by atoms with Crippen LogP contribution in [0.25, 0.3) is 11.4 Å². The molecule has 0 spiro atoms. The number of hydrogen-bond donors (Lipinski definition) is 2. The molecule has 5 rings (SSSR count). The Kier molecular flexibility index (Phi) is 5.93. The third kappa shape index (κ3) is 3.80. The molecule has 2 aliphatic carbocycles. The van der Waals surface area contributed by atoms with Crippen LogP contribution < -0.4 is 5.73 Å². The maximum atomic E-state index is 13.4. The van der Waals surface area contributed by atoms with Crippen molar-refractivity contribution in [3.8, 4) is 11.4 Å². The van der Waals surface area contributed by atoms with Crippen LogP contribution >= 0.6 is 12.4 Å². The number of halogens is 1. The van der Waals surface area contributed by atoms with Gasteiger partial charge in [-0.3, -0.25) is 9.89 Å². The van der Waals surface area contributed by atoms with Crippen molar-refractivity contribution in [3.05, 3.63) is 36.2 Å². The number of fused-ring (bicyclic) bond motifs is 2. The normalized spacial score (nSPS) is 31.3. The summed E-state index contributed by atoms with van der Waals surface area (Å²) in [6.45, 7) is 0.822. The molecule has 3 fully saturated rings. The number of nitrogens with two attached hydrogens (primary N) is 1. The smallest absolute Gasteiger partial charge is 0.226 e. The standard InChI is InChI=1S/C22H29N5O.ClH/c23-19-15-8-4-9-16(19)13-17(12-15)22(28)27-11-5-10-18(27)21-24-20(25-26-21)14-6-2-1-3-7-14;/h1-3,6-7,15-19H,4-5,8-13,23H2,(H,24,25,26);1H. The van der Waals surface area contributed by atoms with Crippen molar-refractivity contribution >= 4 is 18.3 Å². The first kappa shape index (κ1) is 20.4. The molecule has 29 heavy (non-hydrogen) atoms. The average molecular weight is 416 g/mol. The molecule has 3 aliphatic rings. The van der Waals surface area contributed by atoms with Crippen LogP contribution in [0.2, 0.25) is 0 Å². The second-order valence-electron chi connectivity index (χ2n) is 8.80. The molecule has 1 saturated heterocycles. The Hall–Kier alpha value is -1.92. The topological polar surface area (TPSA) is 87.9 Å². The molecule has 1 aromatic carbocycles. The van der Waals surface area contributed by atoms with E-state index in [2.05, 4.69) is 15.1 Å². The molecule has 1 aliphatic heterocycles.